The van der Waals surface area contributed by atoms with Gasteiger partial charge in [0, 0.05) is 40.5 Å². The van der Waals surface area contributed by atoms with Gasteiger partial charge in [0.05, 0.1) is 24.3 Å². The van der Waals surface area contributed by atoms with E-state index >= 15 is 0 Å². The number of ketones is 1. The quantitative estimate of drug-likeness (QED) is 0.421. The minimum absolute atomic E-state index is 0.0328. The van der Waals surface area contributed by atoms with Crippen LogP contribution in [0.4, 0.5) is 0 Å². The van der Waals surface area contributed by atoms with Gasteiger partial charge in [0.15, 0.2) is 5.78 Å². The second kappa shape index (κ2) is 6.79. The van der Waals surface area contributed by atoms with E-state index in [1.807, 2.05) is 32.2 Å². The van der Waals surface area contributed by atoms with Gasteiger partial charge in [-0.3, -0.25) is 4.79 Å². The van der Waals surface area contributed by atoms with Crippen LogP contribution >= 0.6 is 11.8 Å². The third kappa shape index (κ3) is 2.71. The molecule has 6 nitrogen and oxygen atoms in total. The number of thioether (sulfide) groups is 1. The lowest BCUT2D eigenvalue weighted by atomic mass is 9.70. The van der Waals surface area contributed by atoms with Crippen molar-refractivity contribution in [2.75, 3.05) is 12.9 Å². The zero-order chi connectivity index (χ0) is 22.1. The number of benzene rings is 1. The molecule has 2 aromatic heterocycles. The molecule has 162 valence electrons. The highest BCUT2D eigenvalue weighted by Crippen LogP contribution is 2.66. The predicted octanol–water partition coefficient (Wildman–Crippen LogP) is 4.83. The van der Waals surface area contributed by atoms with Gasteiger partial charge in [-0.2, -0.15) is 5.10 Å². The molecule has 0 saturated heterocycles. The highest BCUT2D eigenvalue weighted by Gasteiger charge is 2.61. The molecule has 1 saturated carbocycles. The van der Waals surface area contributed by atoms with Crippen LogP contribution in [-0.4, -0.2) is 38.4 Å². The number of hydrogen-bond acceptors (Lipinski definition) is 6. The van der Waals surface area contributed by atoms with E-state index in [-0.39, 0.29) is 22.4 Å². The van der Waals surface area contributed by atoms with E-state index in [0.717, 1.165) is 52.1 Å². The highest BCUT2D eigenvalue weighted by molar-refractivity contribution is 7.99. The zero-order valence-electron chi connectivity index (χ0n) is 18.9. The molecule has 2 aliphatic carbocycles. The number of carbonyl (C=O) groups is 1. The molecule has 0 aliphatic heterocycles. The number of Topliss-reactive ketones (excluding diaryl/α,β-unsaturated/α-hetero) is 1. The van der Waals surface area contributed by atoms with Crippen LogP contribution in [0.2, 0.25) is 0 Å². The lowest BCUT2D eigenvalue weighted by molar-refractivity contribution is 0.102. The van der Waals surface area contributed by atoms with Crippen molar-refractivity contribution < 1.29 is 9.53 Å². The van der Waals surface area contributed by atoms with Crippen LogP contribution in [0.1, 0.15) is 67.0 Å². The van der Waals surface area contributed by atoms with E-state index < -0.39 is 0 Å². The Morgan fingerprint density at radius 3 is 2.81 bits per heavy atom. The molecule has 0 radical (unpaired) electrons. The standard InChI is InChI=1S/C24H28N4O2S/c1-13-19(15-11-14(30-6)7-8-17(15)28(13)5)18(29)12-31-22-25-21-20(26-27-22)16-9-10-24(21,4)23(16,2)3/h7-8,11,16H,9-10,12H2,1-6H3/t16-,24-/m1/s1. The number of fused-ring (bicyclic) bond motifs is 6. The van der Waals surface area contributed by atoms with Gasteiger partial charge in [0.2, 0.25) is 5.16 Å². The fourth-order valence-corrected chi connectivity index (χ4v) is 6.32. The number of carbonyl (C=O) groups excluding carboxylic acids is 1. The number of nitrogens with zero attached hydrogens (tertiary/aromatic N) is 4. The fraction of sp³-hybridized carbons (Fsp3) is 0.500. The van der Waals surface area contributed by atoms with Crippen molar-refractivity contribution >= 4 is 28.4 Å². The van der Waals surface area contributed by atoms with Crippen LogP contribution in [-0.2, 0) is 12.5 Å². The first-order valence-electron chi connectivity index (χ1n) is 10.7. The van der Waals surface area contributed by atoms with E-state index in [1.54, 1.807) is 7.11 Å². The topological polar surface area (TPSA) is 69.9 Å². The summed E-state index contributed by atoms with van der Waals surface area (Å²) in [4.78, 5) is 18.1. The lowest BCUT2D eigenvalue weighted by Gasteiger charge is -2.33. The van der Waals surface area contributed by atoms with Crippen LogP contribution in [0.15, 0.2) is 23.4 Å². The van der Waals surface area contributed by atoms with Gasteiger partial charge < -0.3 is 9.30 Å². The Labute approximate surface area is 186 Å². The SMILES string of the molecule is COc1ccc2c(c1)c(C(=O)CSc1nnc3c(n1)[C@@]1(C)CC[C@H]3C1(C)C)c(C)n2C. The number of aryl methyl sites for hydroxylation is 1. The van der Waals surface area contributed by atoms with Crippen LogP contribution in [0, 0.1) is 12.3 Å². The van der Waals surface area contributed by atoms with E-state index in [1.165, 1.54) is 11.8 Å². The van der Waals surface area contributed by atoms with Crippen molar-refractivity contribution in [3.05, 3.63) is 40.8 Å². The number of ether oxygens (including phenoxy) is 1. The first kappa shape index (κ1) is 20.5. The number of hydrogen-bond donors (Lipinski definition) is 0. The Morgan fingerprint density at radius 1 is 1.29 bits per heavy atom. The van der Waals surface area contributed by atoms with E-state index in [2.05, 4.69) is 35.5 Å². The van der Waals surface area contributed by atoms with Crippen molar-refractivity contribution in [2.45, 2.75) is 57.0 Å². The summed E-state index contributed by atoms with van der Waals surface area (Å²) in [5.41, 5.74) is 5.04. The Morgan fingerprint density at radius 2 is 2.06 bits per heavy atom. The van der Waals surface area contributed by atoms with Gasteiger partial charge in [0.25, 0.3) is 0 Å². The minimum atomic E-state index is 0.0328. The molecular formula is C24H28N4O2S. The normalized spacial score (nSPS) is 23.4. The molecule has 31 heavy (non-hydrogen) atoms. The van der Waals surface area contributed by atoms with Crippen molar-refractivity contribution in [2.24, 2.45) is 12.5 Å². The summed E-state index contributed by atoms with van der Waals surface area (Å²) in [6.07, 6.45) is 2.29. The van der Waals surface area contributed by atoms with Gasteiger partial charge in [-0.05, 0) is 43.4 Å². The molecule has 0 spiro atoms. The molecule has 1 aromatic carbocycles. The molecule has 2 heterocycles. The number of methoxy groups -OCH3 is 1. The molecule has 1 fully saturated rings. The smallest absolute Gasteiger partial charge is 0.209 e. The molecule has 3 aromatic rings. The highest BCUT2D eigenvalue weighted by atomic mass is 32.2. The molecule has 2 bridgehead atoms. The van der Waals surface area contributed by atoms with Gasteiger partial charge in [-0.25, -0.2) is 4.98 Å². The summed E-state index contributed by atoms with van der Waals surface area (Å²) in [6.45, 7) is 8.93. The van der Waals surface area contributed by atoms with Gasteiger partial charge in [0.1, 0.15) is 5.75 Å². The summed E-state index contributed by atoms with van der Waals surface area (Å²) in [5, 5.41) is 10.4. The Balaban J connectivity index is 1.43. The second-order valence-electron chi connectivity index (χ2n) is 9.59. The molecule has 2 atom stereocenters. The summed E-state index contributed by atoms with van der Waals surface area (Å²) in [7, 11) is 3.63. The molecule has 0 N–H and O–H groups in total. The molecule has 7 heteroatoms. The van der Waals surface area contributed by atoms with Crippen LogP contribution in [0.5, 0.6) is 5.75 Å². The lowest BCUT2D eigenvalue weighted by Crippen LogP contribution is -2.32. The monoisotopic (exact) mass is 436 g/mol. The van der Waals surface area contributed by atoms with Crippen molar-refractivity contribution in [3.63, 3.8) is 0 Å². The van der Waals surface area contributed by atoms with E-state index in [4.69, 9.17) is 9.72 Å². The third-order valence-corrected chi connectivity index (χ3v) is 8.92. The first-order valence-corrected chi connectivity index (χ1v) is 11.7. The summed E-state index contributed by atoms with van der Waals surface area (Å²) >= 11 is 1.38. The first-order chi connectivity index (χ1) is 14.7. The second-order valence-corrected chi connectivity index (χ2v) is 10.5. The maximum absolute atomic E-state index is 13.2. The maximum atomic E-state index is 13.2. The van der Waals surface area contributed by atoms with Gasteiger partial charge in [-0.15, -0.1) is 5.10 Å². The molecule has 2 aliphatic rings. The van der Waals surface area contributed by atoms with Crippen molar-refractivity contribution in [3.8, 4) is 5.75 Å². The molecule has 0 amide bonds. The summed E-state index contributed by atoms with van der Waals surface area (Å²) in [6, 6.07) is 5.86. The molecule has 5 rings (SSSR count). The van der Waals surface area contributed by atoms with Crippen LogP contribution in [0.25, 0.3) is 10.9 Å². The van der Waals surface area contributed by atoms with E-state index in [9.17, 15) is 4.79 Å². The third-order valence-electron chi connectivity index (χ3n) is 8.08. The Kier molecular flexibility index (Phi) is 4.49. The van der Waals surface area contributed by atoms with Gasteiger partial charge >= 0.3 is 0 Å². The maximum Gasteiger partial charge on any atom is 0.209 e. The minimum Gasteiger partial charge on any atom is -0.497 e. The van der Waals surface area contributed by atoms with Crippen LogP contribution in [0.3, 0.4) is 0 Å². The number of rotatable bonds is 5. The predicted molar refractivity (Wildman–Crippen MR) is 122 cm³/mol. The Bertz CT molecular complexity index is 1230. The fourth-order valence-electron chi connectivity index (χ4n) is 5.66. The number of aromatic nitrogens is 4. The largest absolute Gasteiger partial charge is 0.497 e. The summed E-state index contributed by atoms with van der Waals surface area (Å²) < 4.78 is 7.43. The van der Waals surface area contributed by atoms with Crippen molar-refractivity contribution in [1.82, 2.24) is 19.7 Å². The van der Waals surface area contributed by atoms with Crippen LogP contribution < -0.4 is 4.74 Å². The van der Waals surface area contributed by atoms with Crippen molar-refractivity contribution in [1.29, 1.82) is 0 Å². The summed E-state index contributed by atoms with van der Waals surface area (Å²) in [5.74, 6) is 1.53. The molecular weight excluding hydrogens is 408 g/mol. The Hall–Kier alpha value is -2.41. The molecule has 0 unspecified atom stereocenters. The average molecular weight is 437 g/mol. The van der Waals surface area contributed by atoms with Gasteiger partial charge in [-0.1, -0.05) is 32.5 Å². The average Bonchev–Trinajstić information content (AvgIpc) is 3.22. The van der Waals surface area contributed by atoms with E-state index in [0.29, 0.717) is 11.1 Å². The zero-order valence-corrected chi connectivity index (χ0v) is 19.8.